The fourth-order valence-corrected chi connectivity index (χ4v) is 3.98. The Labute approximate surface area is 199 Å². The summed E-state index contributed by atoms with van der Waals surface area (Å²) in [6.45, 7) is 2.73. The zero-order valence-electron chi connectivity index (χ0n) is 20.2. The highest BCUT2D eigenvalue weighted by atomic mass is 16.5. The van der Waals surface area contributed by atoms with Crippen molar-refractivity contribution in [3.05, 3.63) is 48.0 Å². The van der Waals surface area contributed by atoms with Crippen LogP contribution in [-0.4, -0.2) is 47.7 Å². The number of amides is 1. The standard InChI is InChI=1S/C28H39NO4/c1-23(13-7-5-8-14-24-15-9-6-10-16-24)26(30)20-18-25-19-21-27(31)29(25)22-12-4-3-11-17-28(32)33-2/h6,9-10,15-16,18,20,23,25-26,30H,3-4,8,11-14,17,19,21-22H2,1-2H3/t23-,25-,26+/m0/s1. The molecule has 33 heavy (non-hydrogen) atoms. The Morgan fingerprint density at radius 1 is 1.21 bits per heavy atom. The van der Waals surface area contributed by atoms with Crippen molar-refractivity contribution in [2.45, 2.75) is 83.3 Å². The van der Waals surface area contributed by atoms with Crippen LogP contribution in [0.5, 0.6) is 0 Å². The first kappa shape index (κ1) is 26.7. The third-order valence-electron chi connectivity index (χ3n) is 6.18. The molecule has 1 N–H and O–H groups in total. The summed E-state index contributed by atoms with van der Waals surface area (Å²) in [7, 11) is 1.41. The fraction of sp³-hybridized carbons (Fsp3) is 0.571. The monoisotopic (exact) mass is 453 g/mol. The van der Waals surface area contributed by atoms with Gasteiger partial charge in [-0.15, -0.1) is 11.8 Å². The van der Waals surface area contributed by atoms with Crippen molar-refractivity contribution in [2.24, 2.45) is 5.92 Å². The van der Waals surface area contributed by atoms with Gasteiger partial charge in [0, 0.05) is 32.2 Å². The minimum atomic E-state index is -0.565. The number of hydrogen-bond donors (Lipinski definition) is 1. The molecule has 1 saturated heterocycles. The molecule has 1 amide bonds. The van der Waals surface area contributed by atoms with Gasteiger partial charge in [-0.1, -0.05) is 62.2 Å². The molecule has 0 aliphatic carbocycles. The van der Waals surface area contributed by atoms with E-state index in [-0.39, 0.29) is 23.8 Å². The molecule has 3 atom stereocenters. The van der Waals surface area contributed by atoms with Crippen LogP contribution < -0.4 is 0 Å². The van der Waals surface area contributed by atoms with Crippen molar-refractivity contribution in [1.29, 1.82) is 0 Å². The Morgan fingerprint density at radius 3 is 2.73 bits per heavy atom. The van der Waals surface area contributed by atoms with E-state index in [0.717, 1.165) is 51.5 Å². The van der Waals surface area contributed by atoms with Crippen molar-refractivity contribution in [1.82, 2.24) is 4.90 Å². The van der Waals surface area contributed by atoms with Crippen LogP contribution in [0.4, 0.5) is 0 Å². The van der Waals surface area contributed by atoms with Crippen molar-refractivity contribution in [3.8, 4) is 11.8 Å². The number of rotatable bonds is 13. The van der Waals surface area contributed by atoms with E-state index in [1.807, 2.05) is 42.2 Å². The molecule has 0 spiro atoms. The predicted molar refractivity (Wildman–Crippen MR) is 131 cm³/mol. The van der Waals surface area contributed by atoms with Gasteiger partial charge >= 0.3 is 5.97 Å². The molecule has 1 aliphatic rings. The van der Waals surface area contributed by atoms with E-state index >= 15 is 0 Å². The highest BCUT2D eigenvalue weighted by Gasteiger charge is 2.28. The molecule has 2 rings (SSSR count). The second kappa shape index (κ2) is 15.3. The second-order valence-corrected chi connectivity index (χ2v) is 8.83. The summed E-state index contributed by atoms with van der Waals surface area (Å²) in [5.74, 6) is 6.48. The molecule has 0 bridgehead atoms. The fourth-order valence-electron chi connectivity index (χ4n) is 3.98. The number of aliphatic hydroxyl groups is 1. The summed E-state index contributed by atoms with van der Waals surface area (Å²) in [4.78, 5) is 25.3. The van der Waals surface area contributed by atoms with Crippen LogP contribution in [0.1, 0.15) is 70.3 Å². The molecule has 1 heterocycles. The van der Waals surface area contributed by atoms with Crippen LogP contribution in [-0.2, 0) is 20.7 Å². The molecule has 1 aromatic carbocycles. The Hall–Kier alpha value is -2.58. The van der Waals surface area contributed by atoms with Crippen molar-refractivity contribution in [2.75, 3.05) is 13.7 Å². The number of ether oxygens (including phenoxy) is 1. The third kappa shape index (κ3) is 10.3. The van der Waals surface area contributed by atoms with Gasteiger partial charge in [-0.25, -0.2) is 0 Å². The quantitative estimate of drug-likeness (QED) is 0.204. The number of aryl methyl sites for hydroxylation is 1. The lowest BCUT2D eigenvalue weighted by molar-refractivity contribution is -0.140. The van der Waals surface area contributed by atoms with Crippen LogP contribution in [0.25, 0.3) is 0 Å². The van der Waals surface area contributed by atoms with Crippen LogP contribution in [0, 0.1) is 17.8 Å². The van der Waals surface area contributed by atoms with Gasteiger partial charge in [0.1, 0.15) is 0 Å². The summed E-state index contributed by atoms with van der Waals surface area (Å²) in [5.41, 5.74) is 1.29. The second-order valence-electron chi connectivity index (χ2n) is 8.83. The van der Waals surface area contributed by atoms with E-state index in [4.69, 9.17) is 0 Å². The number of carbonyl (C=O) groups is 2. The van der Waals surface area contributed by atoms with Gasteiger partial charge in [0.25, 0.3) is 0 Å². The summed E-state index contributed by atoms with van der Waals surface area (Å²) >= 11 is 0. The zero-order chi connectivity index (χ0) is 23.9. The van der Waals surface area contributed by atoms with E-state index in [0.29, 0.717) is 19.3 Å². The average Bonchev–Trinajstić information content (AvgIpc) is 3.18. The highest BCUT2D eigenvalue weighted by molar-refractivity contribution is 5.79. The first-order chi connectivity index (χ1) is 16.0. The lowest BCUT2D eigenvalue weighted by atomic mass is 9.99. The van der Waals surface area contributed by atoms with Crippen LogP contribution in [0.15, 0.2) is 42.5 Å². The summed E-state index contributed by atoms with van der Waals surface area (Å²) in [6.07, 6.45) is 11.2. The minimum absolute atomic E-state index is 0.0471. The number of esters is 1. The lowest BCUT2D eigenvalue weighted by Crippen LogP contribution is -2.33. The third-order valence-corrected chi connectivity index (χ3v) is 6.18. The van der Waals surface area contributed by atoms with E-state index < -0.39 is 6.10 Å². The van der Waals surface area contributed by atoms with Gasteiger partial charge < -0.3 is 14.7 Å². The van der Waals surface area contributed by atoms with Crippen molar-refractivity contribution >= 4 is 11.9 Å². The number of methoxy groups -OCH3 is 1. The first-order valence-corrected chi connectivity index (χ1v) is 12.2. The van der Waals surface area contributed by atoms with Crippen molar-refractivity contribution in [3.63, 3.8) is 0 Å². The van der Waals surface area contributed by atoms with E-state index in [9.17, 15) is 14.7 Å². The molecule has 180 valence electrons. The lowest BCUT2D eigenvalue weighted by Gasteiger charge is -2.23. The molecule has 5 nitrogen and oxygen atoms in total. The van der Waals surface area contributed by atoms with Gasteiger partial charge in [0.15, 0.2) is 0 Å². The maximum absolute atomic E-state index is 12.3. The molecule has 1 aliphatic heterocycles. The minimum Gasteiger partial charge on any atom is -0.469 e. The largest absolute Gasteiger partial charge is 0.469 e. The summed E-state index contributed by atoms with van der Waals surface area (Å²) in [5, 5.41) is 10.5. The topological polar surface area (TPSA) is 66.8 Å². The van der Waals surface area contributed by atoms with Crippen LogP contribution in [0.2, 0.25) is 0 Å². The number of carbonyl (C=O) groups excluding carboxylic acids is 2. The van der Waals surface area contributed by atoms with E-state index in [1.54, 1.807) is 0 Å². The Morgan fingerprint density at radius 2 is 1.97 bits per heavy atom. The Balaban J connectivity index is 1.68. The van der Waals surface area contributed by atoms with Crippen LogP contribution >= 0.6 is 0 Å². The number of nitrogens with zero attached hydrogens (tertiary/aromatic N) is 1. The highest BCUT2D eigenvalue weighted by Crippen LogP contribution is 2.22. The number of unbranched alkanes of at least 4 members (excludes halogenated alkanes) is 3. The van der Waals surface area contributed by atoms with E-state index in [1.165, 1.54) is 12.7 Å². The SMILES string of the molecule is COC(=O)CCCCCCN1C(=O)CC[C@@H]1C=C[C@@H](O)[C@@H](C)CC#CCCc1ccccc1. The molecule has 1 fully saturated rings. The maximum Gasteiger partial charge on any atom is 0.305 e. The van der Waals surface area contributed by atoms with Crippen LogP contribution in [0.3, 0.4) is 0 Å². The summed E-state index contributed by atoms with van der Waals surface area (Å²) in [6, 6.07) is 10.4. The van der Waals surface area contributed by atoms with Gasteiger partial charge in [0.2, 0.25) is 5.91 Å². The van der Waals surface area contributed by atoms with Crippen molar-refractivity contribution < 1.29 is 19.4 Å². The Kier molecular flexibility index (Phi) is 12.4. The van der Waals surface area contributed by atoms with Gasteiger partial charge in [-0.3, -0.25) is 9.59 Å². The van der Waals surface area contributed by atoms with Gasteiger partial charge in [-0.05, 0) is 37.2 Å². The molecule has 5 heteroatoms. The molecule has 1 aromatic rings. The molecular formula is C28H39NO4. The summed E-state index contributed by atoms with van der Waals surface area (Å²) < 4.78 is 4.65. The normalized spacial score (nSPS) is 17.6. The molecule has 0 unspecified atom stereocenters. The Bertz CT molecular complexity index is 808. The molecule has 0 saturated carbocycles. The smallest absolute Gasteiger partial charge is 0.305 e. The molecule has 0 aromatic heterocycles. The maximum atomic E-state index is 12.3. The molecule has 0 radical (unpaired) electrons. The predicted octanol–water partition coefficient (Wildman–Crippen LogP) is 4.68. The van der Waals surface area contributed by atoms with Gasteiger partial charge in [0.05, 0.1) is 19.3 Å². The number of aliphatic hydroxyl groups excluding tert-OH is 1. The zero-order valence-corrected chi connectivity index (χ0v) is 20.2. The van der Waals surface area contributed by atoms with E-state index in [2.05, 4.69) is 28.7 Å². The number of hydrogen-bond acceptors (Lipinski definition) is 4. The molecular weight excluding hydrogens is 414 g/mol. The number of benzene rings is 1. The first-order valence-electron chi connectivity index (χ1n) is 12.2. The average molecular weight is 454 g/mol. The number of likely N-dealkylation sites (tertiary alicyclic amines) is 1. The van der Waals surface area contributed by atoms with Gasteiger partial charge in [-0.2, -0.15) is 0 Å².